The van der Waals surface area contributed by atoms with Gasteiger partial charge in [0, 0.05) is 24.4 Å². The lowest BCUT2D eigenvalue weighted by Crippen LogP contribution is -2.03. The lowest BCUT2D eigenvalue weighted by molar-refractivity contribution is 0.395. The molecule has 5 heteroatoms. The Kier molecular flexibility index (Phi) is 4.17. The largest absolute Gasteiger partial charge is 0.497 e. The topological polar surface area (TPSA) is 43.4 Å². The first-order chi connectivity index (χ1) is 8.78. The second kappa shape index (κ2) is 5.84. The van der Waals surface area contributed by atoms with Crippen molar-refractivity contribution < 1.29 is 9.47 Å². The lowest BCUT2D eigenvalue weighted by atomic mass is 10.1. The van der Waals surface area contributed by atoms with Crippen molar-refractivity contribution in [1.29, 1.82) is 0 Å². The molecule has 1 N–H and O–H groups in total. The molecule has 0 spiro atoms. The molecule has 0 radical (unpaired) electrons. The molecule has 96 valence electrons. The Bertz CT molecular complexity index is 525. The van der Waals surface area contributed by atoms with Crippen LogP contribution in [0.3, 0.4) is 0 Å². The minimum absolute atomic E-state index is 0.781. The van der Waals surface area contributed by atoms with Gasteiger partial charge in [-0.1, -0.05) is 0 Å². The Morgan fingerprint density at radius 2 is 2.11 bits per heavy atom. The van der Waals surface area contributed by atoms with Gasteiger partial charge in [0.15, 0.2) is 0 Å². The minimum atomic E-state index is 0.781. The molecule has 0 aliphatic rings. The number of nitrogens with one attached hydrogen (secondary N) is 1. The number of rotatable bonds is 5. The van der Waals surface area contributed by atoms with E-state index in [1.54, 1.807) is 25.6 Å². The van der Waals surface area contributed by atoms with Crippen LogP contribution in [0.4, 0.5) is 0 Å². The van der Waals surface area contributed by atoms with Crippen molar-refractivity contribution in [2.24, 2.45) is 0 Å². The number of nitrogens with zero attached hydrogens (tertiary/aromatic N) is 1. The third kappa shape index (κ3) is 2.63. The summed E-state index contributed by atoms with van der Waals surface area (Å²) in [5, 5.41) is 4.15. The van der Waals surface area contributed by atoms with Crippen LogP contribution in [0.5, 0.6) is 11.5 Å². The van der Waals surface area contributed by atoms with E-state index in [-0.39, 0.29) is 0 Å². The highest BCUT2D eigenvalue weighted by Crippen LogP contribution is 2.36. The molecule has 4 nitrogen and oxygen atoms in total. The van der Waals surface area contributed by atoms with E-state index in [2.05, 4.69) is 10.3 Å². The van der Waals surface area contributed by atoms with Crippen LogP contribution in [-0.2, 0) is 6.54 Å². The van der Waals surface area contributed by atoms with Crippen LogP contribution in [-0.4, -0.2) is 26.3 Å². The molecule has 0 aliphatic heterocycles. The average molecular weight is 264 g/mol. The van der Waals surface area contributed by atoms with E-state index in [1.807, 2.05) is 31.4 Å². The molecule has 0 unspecified atom stereocenters. The summed E-state index contributed by atoms with van der Waals surface area (Å²) in [5.41, 5.74) is 1.04. The molecule has 0 saturated heterocycles. The van der Waals surface area contributed by atoms with Crippen LogP contribution in [0.1, 0.15) is 5.01 Å². The average Bonchev–Trinajstić information content (AvgIpc) is 2.87. The van der Waals surface area contributed by atoms with E-state index in [0.717, 1.165) is 33.5 Å². The summed E-state index contributed by atoms with van der Waals surface area (Å²) in [5.74, 6) is 1.59. The summed E-state index contributed by atoms with van der Waals surface area (Å²) in [6, 6.07) is 5.80. The van der Waals surface area contributed by atoms with Gasteiger partial charge in [-0.25, -0.2) is 4.98 Å². The molecule has 1 aromatic heterocycles. The third-order valence-corrected chi connectivity index (χ3v) is 3.59. The van der Waals surface area contributed by atoms with Crippen molar-refractivity contribution in [3.63, 3.8) is 0 Å². The second-order valence-electron chi connectivity index (χ2n) is 3.71. The SMILES string of the molecule is CNCc1ncc(-c2ccc(OC)cc2OC)s1. The molecule has 0 saturated carbocycles. The van der Waals surface area contributed by atoms with Crippen LogP contribution in [0.15, 0.2) is 24.4 Å². The van der Waals surface area contributed by atoms with Gasteiger partial charge in [0.2, 0.25) is 0 Å². The maximum atomic E-state index is 5.39. The highest BCUT2D eigenvalue weighted by atomic mass is 32.1. The maximum absolute atomic E-state index is 5.39. The predicted octanol–water partition coefficient (Wildman–Crippen LogP) is 2.55. The van der Waals surface area contributed by atoms with Crippen molar-refractivity contribution in [1.82, 2.24) is 10.3 Å². The van der Waals surface area contributed by atoms with Gasteiger partial charge in [-0.2, -0.15) is 0 Å². The van der Waals surface area contributed by atoms with Gasteiger partial charge in [-0.3, -0.25) is 0 Å². The van der Waals surface area contributed by atoms with E-state index >= 15 is 0 Å². The number of ether oxygens (including phenoxy) is 2. The van der Waals surface area contributed by atoms with E-state index in [1.165, 1.54) is 0 Å². The zero-order chi connectivity index (χ0) is 13.0. The second-order valence-corrected chi connectivity index (χ2v) is 4.83. The highest BCUT2D eigenvalue weighted by molar-refractivity contribution is 7.15. The fourth-order valence-corrected chi connectivity index (χ4v) is 2.63. The van der Waals surface area contributed by atoms with E-state index < -0.39 is 0 Å². The summed E-state index contributed by atoms with van der Waals surface area (Å²) in [6.07, 6.45) is 1.88. The Morgan fingerprint density at radius 3 is 2.78 bits per heavy atom. The van der Waals surface area contributed by atoms with E-state index in [4.69, 9.17) is 9.47 Å². The molecular weight excluding hydrogens is 248 g/mol. The Labute approximate surface area is 111 Å². The van der Waals surface area contributed by atoms with Gasteiger partial charge < -0.3 is 14.8 Å². The summed E-state index contributed by atoms with van der Waals surface area (Å²) >= 11 is 1.66. The summed E-state index contributed by atoms with van der Waals surface area (Å²) in [6.45, 7) is 0.781. The molecule has 0 bridgehead atoms. The Morgan fingerprint density at radius 1 is 1.28 bits per heavy atom. The zero-order valence-electron chi connectivity index (χ0n) is 10.7. The molecule has 0 atom stereocenters. The minimum Gasteiger partial charge on any atom is -0.497 e. The predicted molar refractivity (Wildman–Crippen MR) is 73.4 cm³/mol. The van der Waals surface area contributed by atoms with Crippen LogP contribution >= 0.6 is 11.3 Å². The van der Waals surface area contributed by atoms with Gasteiger partial charge in [-0.15, -0.1) is 11.3 Å². The number of benzene rings is 1. The molecule has 1 aromatic carbocycles. The molecule has 0 amide bonds. The number of thiazole rings is 1. The molecule has 1 heterocycles. The fraction of sp³-hybridized carbons (Fsp3) is 0.308. The van der Waals surface area contributed by atoms with Gasteiger partial charge in [0.05, 0.1) is 19.1 Å². The Balaban J connectivity index is 2.36. The fourth-order valence-electron chi connectivity index (χ4n) is 1.67. The van der Waals surface area contributed by atoms with Crippen LogP contribution < -0.4 is 14.8 Å². The summed E-state index contributed by atoms with van der Waals surface area (Å²) < 4.78 is 10.6. The standard InChI is InChI=1S/C13H16N2O2S/c1-14-8-13-15-7-12(18-13)10-5-4-9(16-2)6-11(10)17-3/h4-7,14H,8H2,1-3H3. The number of methoxy groups -OCH3 is 2. The number of hydrogen-bond acceptors (Lipinski definition) is 5. The van der Waals surface area contributed by atoms with Crippen molar-refractivity contribution in [3.05, 3.63) is 29.4 Å². The first-order valence-corrected chi connectivity index (χ1v) is 6.42. The molecule has 0 aliphatic carbocycles. The Hall–Kier alpha value is -1.59. The molecular formula is C13H16N2O2S. The van der Waals surface area contributed by atoms with Crippen molar-refractivity contribution in [2.75, 3.05) is 21.3 Å². The maximum Gasteiger partial charge on any atom is 0.131 e. The monoisotopic (exact) mass is 264 g/mol. The van der Waals surface area contributed by atoms with Crippen LogP contribution in [0, 0.1) is 0 Å². The van der Waals surface area contributed by atoms with E-state index in [9.17, 15) is 0 Å². The van der Waals surface area contributed by atoms with Gasteiger partial charge in [0.25, 0.3) is 0 Å². The molecule has 0 fully saturated rings. The van der Waals surface area contributed by atoms with Crippen LogP contribution in [0.25, 0.3) is 10.4 Å². The van der Waals surface area contributed by atoms with Crippen molar-refractivity contribution in [2.45, 2.75) is 6.54 Å². The first kappa shape index (κ1) is 12.9. The van der Waals surface area contributed by atoms with Crippen molar-refractivity contribution >= 4 is 11.3 Å². The van der Waals surface area contributed by atoms with Gasteiger partial charge in [-0.05, 0) is 19.2 Å². The molecule has 2 aromatic rings. The van der Waals surface area contributed by atoms with Gasteiger partial charge >= 0.3 is 0 Å². The lowest BCUT2D eigenvalue weighted by Gasteiger charge is -2.08. The van der Waals surface area contributed by atoms with Crippen LogP contribution in [0.2, 0.25) is 0 Å². The van der Waals surface area contributed by atoms with E-state index in [0.29, 0.717) is 0 Å². The number of aromatic nitrogens is 1. The summed E-state index contributed by atoms with van der Waals surface area (Å²) in [4.78, 5) is 5.47. The number of hydrogen-bond donors (Lipinski definition) is 1. The third-order valence-electron chi connectivity index (χ3n) is 2.56. The highest BCUT2D eigenvalue weighted by Gasteiger charge is 2.10. The molecule has 2 rings (SSSR count). The first-order valence-electron chi connectivity index (χ1n) is 5.60. The smallest absolute Gasteiger partial charge is 0.131 e. The zero-order valence-corrected chi connectivity index (χ0v) is 11.5. The van der Waals surface area contributed by atoms with Gasteiger partial charge in [0.1, 0.15) is 16.5 Å². The molecule has 18 heavy (non-hydrogen) atoms. The summed E-state index contributed by atoms with van der Waals surface area (Å²) in [7, 11) is 5.22. The quantitative estimate of drug-likeness (QED) is 0.901. The van der Waals surface area contributed by atoms with Crippen molar-refractivity contribution in [3.8, 4) is 21.9 Å². The normalized spacial score (nSPS) is 10.4.